The number of ether oxygens (including phenoxy) is 2. The van der Waals surface area contributed by atoms with Crippen LogP contribution in [0, 0.1) is 0 Å². The van der Waals surface area contributed by atoms with Crippen LogP contribution in [0.15, 0.2) is 12.2 Å². The van der Waals surface area contributed by atoms with Crippen LogP contribution in [0.4, 0.5) is 0 Å². The first-order valence-electron chi connectivity index (χ1n) is 7.72. The van der Waals surface area contributed by atoms with Gasteiger partial charge in [-0.05, 0) is 12.8 Å². The number of hydrogen-bond acceptors (Lipinski definition) is 4. The summed E-state index contributed by atoms with van der Waals surface area (Å²) in [5, 5.41) is 0. The molecule has 0 fully saturated rings. The molecule has 0 spiro atoms. The van der Waals surface area contributed by atoms with E-state index in [2.05, 4.69) is 13.8 Å². The van der Waals surface area contributed by atoms with Crippen LogP contribution in [-0.2, 0) is 19.1 Å². The van der Waals surface area contributed by atoms with E-state index in [-0.39, 0.29) is 23.9 Å². The molecule has 5 heteroatoms. The summed E-state index contributed by atoms with van der Waals surface area (Å²) in [6.07, 6.45) is 10.7. The Balaban J connectivity index is 0. The topological polar surface area (TPSA) is 52.6 Å². The summed E-state index contributed by atoms with van der Waals surface area (Å²) in [6.45, 7) is 5.08. The first-order valence-corrected chi connectivity index (χ1v) is 7.72. The molecule has 122 valence electrons. The third-order valence-electron chi connectivity index (χ3n) is 2.84. The number of hydrogen-bond donors (Lipinski definition) is 0. The zero-order valence-electron chi connectivity index (χ0n) is 13.6. The van der Waals surface area contributed by atoms with E-state index in [1.54, 1.807) is 0 Å². The SMILES string of the molecule is CCCCCCOC(=O)/C=C\C(=O)OCCCCCC.[SnH2]. The van der Waals surface area contributed by atoms with Gasteiger partial charge in [-0.25, -0.2) is 9.59 Å². The first-order chi connectivity index (χ1) is 9.70. The fourth-order valence-corrected chi connectivity index (χ4v) is 1.64. The van der Waals surface area contributed by atoms with Gasteiger partial charge < -0.3 is 9.47 Å². The molecule has 2 radical (unpaired) electrons. The monoisotopic (exact) mass is 406 g/mol. The third-order valence-corrected chi connectivity index (χ3v) is 2.84. The number of carbonyl (C=O) groups excluding carboxylic acids is 2. The molecule has 0 heterocycles. The molecule has 21 heavy (non-hydrogen) atoms. The van der Waals surface area contributed by atoms with Gasteiger partial charge in [-0.2, -0.15) is 0 Å². The number of carbonyl (C=O) groups is 2. The molecule has 4 nitrogen and oxygen atoms in total. The molecule has 0 unspecified atom stereocenters. The molecule has 0 bridgehead atoms. The first kappa shape index (κ1) is 22.8. The minimum atomic E-state index is -0.482. The molecule has 0 aliphatic rings. The molecular formula is C16H30O4Sn. The van der Waals surface area contributed by atoms with Crippen molar-refractivity contribution in [2.75, 3.05) is 13.2 Å². The normalized spacial score (nSPS) is 10.2. The van der Waals surface area contributed by atoms with Gasteiger partial charge in [0, 0.05) is 12.2 Å². The second kappa shape index (κ2) is 17.5. The number of esters is 2. The van der Waals surface area contributed by atoms with Gasteiger partial charge in [-0.15, -0.1) is 0 Å². The quantitative estimate of drug-likeness (QED) is 0.217. The molecule has 0 rings (SSSR count). The second-order valence-electron chi connectivity index (χ2n) is 4.79. The van der Waals surface area contributed by atoms with E-state index in [0.717, 1.165) is 63.5 Å². The summed E-state index contributed by atoms with van der Waals surface area (Å²) in [5.41, 5.74) is 0. The Labute approximate surface area is 145 Å². The molecular weight excluding hydrogens is 375 g/mol. The Morgan fingerprint density at radius 2 is 1.10 bits per heavy atom. The van der Waals surface area contributed by atoms with Crippen LogP contribution in [-0.4, -0.2) is 49.1 Å². The van der Waals surface area contributed by atoms with Crippen LogP contribution in [0.1, 0.15) is 65.2 Å². The van der Waals surface area contributed by atoms with Gasteiger partial charge in [-0.1, -0.05) is 52.4 Å². The van der Waals surface area contributed by atoms with Crippen molar-refractivity contribution in [2.24, 2.45) is 0 Å². The van der Waals surface area contributed by atoms with E-state index in [9.17, 15) is 9.59 Å². The maximum atomic E-state index is 11.3. The van der Waals surface area contributed by atoms with E-state index in [1.165, 1.54) is 0 Å². The average molecular weight is 405 g/mol. The second-order valence-corrected chi connectivity index (χ2v) is 4.79. The molecule has 0 atom stereocenters. The fourth-order valence-electron chi connectivity index (χ4n) is 1.64. The van der Waals surface area contributed by atoms with Crippen molar-refractivity contribution in [3.8, 4) is 0 Å². The molecule has 0 aliphatic carbocycles. The Kier molecular flexibility index (Phi) is 19.0. The average Bonchev–Trinajstić information content (AvgIpc) is 2.44. The van der Waals surface area contributed by atoms with Gasteiger partial charge in [0.1, 0.15) is 0 Å². The van der Waals surface area contributed by atoms with Gasteiger partial charge in [0.05, 0.1) is 13.2 Å². The van der Waals surface area contributed by atoms with E-state index < -0.39 is 11.9 Å². The summed E-state index contributed by atoms with van der Waals surface area (Å²) < 4.78 is 9.93. The zero-order chi connectivity index (χ0) is 15.1. The summed E-state index contributed by atoms with van der Waals surface area (Å²) in [6, 6.07) is 0. The molecule has 0 saturated heterocycles. The Hall–Kier alpha value is -0.521. The summed E-state index contributed by atoms with van der Waals surface area (Å²) in [5.74, 6) is -0.964. The van der Waals surface area contributed by atoms with Crippen LogP contribution in [0.3, 0.4) is 0 Å². The van der Waals surface area contributed by atoms with Gasteiger partial charge in [-0.3, -0.25) is 0 Å². The van der Waals surface area contributed by atoms with Gasteiger partial charge in [0.15, 0.2) is 0 Å². The molecule has 0 aromatic heterocycles. The molecule has 0 amide bonds. The third kappa shape index (κ3) is 17.4. The van der Waals surface area contributed by atoms with Gasteiger partial charge in [0.25, 0.3) is 0 Å². The standard InChI is InChI=1S/C16H28O4.Sn.2H/c1-3-5-7-9-13-19-15(17)11-12-16(18)20-14-10-8-6-4-2;;;/h11-12H,3-10,13-14H2,1-2H3;;;/b12-11-;;;. The van der Waals surface area contributed by atoms with E-state index in [4.69, 9.17) is 9.47 Å². The molecule has 0 aromatic rings. The summed E-state index contributed by atoms with van der Waals surface area (Å²) in [4.78, 5) is 22.6. The Morgan fingerprint density at radius 1 is 0.714 bits per heavy atom. The maximum absolute atomic E-state index is 11.3. The van der Waals surface area contributed by atoms with Crippen molar-refractivity contribution in [1.82, 2.24) is 0 Å². The van der Waals surface area contributed by atoms with Gasteiger partial charge >= 0.3 is 35.8 Å². The summed E-state index contributed by atoms with van der Waals surface area (Å²) >= 11 is 0. The van der Waals surface area contributed by atoms with Crippen molar-refractivity contribution in [3.63, 3.8) is 0 Å². The van der Waals surface area contributed by atoms with Crippen molar-refractivity contribution < 1.29 is 19.1 Å². The van der Waals surface area contributed by atoms with Crippen LogP contribution in [0.25, 0.3) is 0 Å². The van der Waals surface area contributed by atoms with E-state index in [1.807, 2.05) is 0 Å². The van der Waals surface area contributed by atoms with Crippen LogP contribution >= 0.6 is 0 Å². The van der Waals surface area contributed by atoms with Crippen molar-refractivity contribution in [1.29, 1.82) is 0 Å². The van der Waals surface area contributed by atoms with E-state index >= 15 is 0 Å². The number of unbranched alkanes of at least 4 members (excludes halogenated alkanes) is 6. The predicted octanol–water partition coefficient (Wildman–Crippen LogP) is 2.87. The number of rotatable bonds is 12. The van der Waals surface area contributed by atoms with Gasteiger partial charge in [0.2, 0.25) is 0 Å². The zero-order valence-corrected chi connectivity index (χ0v) is 17.6. The van der Waals surface area contributed by atoms with Crippen molar-refractivity contribution in [2.45, 2.75) is 65.2 Å². The molecule has 0 N–H and O–H groups in total. The Bertz CT molecular complexity index is 262. The van der Waals surface area contributed by atoms with E-state index in [0.29, 0.717) is 13.2 Å². The minimum absolute atomic E-state index is 0. The summed E-state index contributed by atoms with van der Waals surface area (Å²) in [7, 11) is 0. The van der Waals surface area contributed by atoms with Crippen molar-refractivity contribution in [3.05, 3.63) is 12.2 Å². The Morgan fingerprint density at radius 3 is 1.43 bits per heavy atom. The molecule has 0 aliphatic heterocycles. The molecule has 0 saturated carbocycles. The van der Waals surface area contributed by atoms with Crippen LogP contribution in [0.5, 0.6) is 0 Å². The molecule has 0 aromatic carbocycles. The van der Waals surface area contributed by atoms with Crippen LogP contribution in [0.2, 0.25) is 0 Å². The van der Waals surface area contributed by atoms with Crippen LogP contribution < -0.4 is 0 Å². The fraction of sp³-hybridized carbons (Fsp3) is 0.750. The van der Waals surface area contributed by atoms with Crippen molar-refractivity contribution >= 4 is 35.8 Å². The predicted molar refractivity (Wildman–Crippen MR) is 87.9 cm³/mol.